The largest absolute Gasteiger partial charge is 0.475 e. The normalized spacial score (nSPS) is 11.3. The van der Waals surface area contributed by atoms with E-state index in [1.807, 2.05) is 30.5 Å². The van der Waals surface area contributed by atoms with Crippen molar-refractivity contribution in [2.45, 2.75) is 27.2 Å². The number of nitrogens with zero attached hydrogens (tertiary/aromatic N) is 2. The molecule has 0 amide bonds. The van der Waals surface area contributed by atoms with Gasteiger partial charge in [-0.2, -0.15) is 0 Å². The molecule has 22 heavy (non-hydrogen) atoms. The maximum atomic E-state index is 5.77. The zero-order valence-electron chi connectivity index (χ0n) is 13.2. The van der Waals surface area contributed by atoms with Crippen LogP contribution in [0.4, 0.5) is 0 Å². The lowest BCUT2D eigenvalue weighted by Gasteiger charge is -2.06. The quantitative estimate of drug-likeness (QED) is 0.689. The highest BCUT2D eigenvalue weighted by Crippen LogP contribution is 2.34. The zero-order valence-corrected chi connectivity index (χ0v) is 13.2. The Labute approximate surface area is 130 Å². The minimum absolute atomic E-state index is 0.569. The highest BCUT2D eigenvalue weighted by molar-refractivity contribution is 5.95. The second-order valence-corrected chi connectivity index (χ2v) is 5.89. The summed E-state index contributed by atoms with van der Waals surface area (Å²) in [7, 11) is 0. The Morgan fingerprint density at radius 1 is 1.18 bits per heavy atom. The van der Waals surface area contributed by atoms with Crippen LogP contribution in [0.2, 0.25) is 0 Å². The van der Waals surface area contributed by atoms with Gasteiger partial charge in [-0.3, -0.25) is 4.98 Å². The van der Waals surface area contributed by atoms with Crippen molar-refractivity contribution in [2.75, 3.05) is 6.61 Å². The predicted molar refractivity (Wildman–Crippen MR) is 86.9 cm³/mol. The predicted octanol–water partition coefficient (Wildman–Crippen LogP) is 4.62. The summed E-state index contributed by atoms with van der Waals surface area (Å²) in [6.45, 7) is 7.06. The van der Waals surface area contributed by atoms with Gasteiger partial charge in [-0.1, -0.05) is 26.0 Å². The van der Waals surface area contributed by atoms with Crippen LogP contribution in [-0.4, -0.2) is 16.7 Å². The Kier molecular flexibility index (Phi) is 4.09. The van der Waals surface area contributed by atoms with Gasteiger partial charge in [-0.15, -0.1) is 0 Å². The van der Waals surface area contributed by atoms with Gasteiger partial charge in [-0.25, -0.2) is 0 Å². The number of fused-ring (bicyclic) bond motifs is 1. The molecule has 0 fully saturated rings. The van der Waals surface area contributed by atoms with E-state index in [1.54, 1.807) is 6.20 Å². The second kappa shape index (κ2) is 6.18. The summed E-state index contributed by atoms with van der Waals surface area (Å²) in [5.74, 6) is 1.17. The molecule has 0 aliphatic heterocycles. The fourth-order valence-electron chi connectivity index (χ4n) is 2.39. The van der Waals surface area contributed by atoms with Crippen molar-refractivity contribution in [2.24, 2.45) is 5.92 Å². The Balaban J connectivity index is 1.97. The standard InChI is InChI=1S/C18H20N2O2/c1-12(2)8-10-21-18-15-6-4-5-14(17(15)22-20-18)16-11-19-9-7-13(16)3/h4-7,9,11-12H,8,10H2,1-3H3. The van der Waals surface area contributed by atoms with Crippen LogP contribution in [0.5, 0.6) is 5.88 Å². The number of pyridine rings is 1. The van der Waals surface area contributed by atoms with Crippen molar-refractivity contribution in [1.82, 2.24) is 10.1 Å². The highest BCUT2D eigenvalue weighted by Gasteiger charge is 2.15. The van der Waals surface area contributed by atoms with Gasteiger partial charge in [0.05, 0.1) is 12.0 Å². The Morgan fingerprint density at radius 3 is 2.82 bits per heavy atom. The van der Waals surface area contributed by atoms with Crippen molar-refractivity contribution in [3.63, 3.8) is 0 Å². The molecule has 2 heterocycles. The third kappa shape index (κ3) is 2.82. The molecule has 114 valence electrons. The van der Waals surface area contributed by atoms with Gasteiger partial charge in [0.25, 0.3) is 5.88 Å². The SMILES string of the molecule is Cc1ccncc1-c1cccc2c(OCCC(C)C)noc12. The zero-order chi connectivity index (χ0) is 15.5. The third-order valence-corrected chi connectivity index (χ3v) is 3.73. The van der Waals surface area contributed by atoms with Crippen LogP contribution < -0.4 is 4.74 Å². The van der Waals surface area contributed by atoms with E-state index in [1.165, 1.54) is 0 Å². The molecule has 3 rings (SSSR count). The molecule has 0 saturated carbocycles. The summed E-state index contributed by atoms with van der Waals surface area (Å²) < 4.78 is 11.3. The van der Waals surface area contributed by atoms with Crippen LogP contribution in [-0.2, 0) is 0 Å². The molecule has 0 unspecified atom stereocenters. The van der Waals surface area contributed by atoms with Crippen molar-refractivity contribution in [3.8, 4) is 17.0 Å². The smallest absolute Gasteiger partial charge is 0.262 e. The molecule has 0 radical (unpaired) electrons. The van der Waals surface area contributed by atoms with E-state index in [9.17, 15) is 0 Å². The van der Waals surface area contributed by atoms with E-state index in [0.717, 1.165) is 34.1 Å². The first-order chi connectivity index (χ1) is 10.7. The molecule has 0 atom stereocenters. The molecule has 0 aliphatic carbocycles. The number of hydrogen-bond acceptors (Lipinski definition) is 4. The first kappa shape index (κ1) is 14.6. The van der Waals surface area contributed by atoms with E-state index in [-0.39, 0.29) is 0 Å². The molecule has 2 aromatic heterocycles. The number of hydrogen-bond donors (Lipinski definition) is 0. The van der Waals surface area contributed by atoms with Crippen LogP contribution in [0.1, 0.15) is 25.8 Å². The van der Waals surface area contributed by atoms with E-state index in [0.29, 0.717) is 18.4 Å². The summed E-state index contributed by atoms with van der Waals surface area (Å²) in [6, 6.07) is 7.99. The summed E-state index contributed by atoms with van der Waals surface area (Å²) in [6.07, 6.45) is 4.64. The molecule has 0 spiro atoms. The molecule has 0 saturated heterocycles. The molecule has 0 aliphatic rings. The molecule has 0 bridgehead atoms. The first-order valence-corrected chi connectivity index (χ1v) is 7.59. The van der Waals surface area contributed by atoms with Crippen LogP contribution in [0, 0.1) is 12.8 Å². The van der Waals surface area contributed by atoms with Gasteiger partial charge in [0, 0.05) is 23.5 Å². The molecular weight excluding hydrogens is 276 g/mol. The second-order valence-electron chi connectivity index (χ2n) is 5.89. The van der Waals surface area contributed by atoms with Crippen LogP contribution in [0.15, 0.2) is 41.2 Å². The van der Waals surface area contributed by atoms with Crippen molar-refractivity contribution in [3.05, 3.63) is 42.2 Å². The van der Waals surface area contributed by atoms with Crippen LogP contribution >= 0.6 is 0 Å². The number of rotatable bonds is 5. The molecule has 4 nitrogen and oxygen atoms in total. The van der Waals surface area contributed by atoms with Crippen LogP contribution in [0.25, 0.3) is 22.1 Å². The van der Waals surface area contributed by atoms with E-state index < -0.39 is 0 Å². The van der Waals surface area contributed by atoms with Gasteiger partial charge in [0.1, 0.15) is 0 Å². The van der Waals surface area contributed by atoms with E-state index in [4.69, 9.17) is 9.26 Å². The maximum absolute atomic E-state index is 5.77. The number of ether oxygens (including phenoxy) is 1. The van der Waals surface area contributed by atoms with Crippen molar-refractivity contribution < 1.29 is 9.26 Å². The maximum Gasteiger partial charge on any atom is 0.262 e. The molecule has 1 aromatic carbocycles. The summed E-state index contributed by atoms with van der Waals surface area (Å²) in [5, 5.41) is 5.00. The van der Waals surface area contributed by atoms with Gasteiger partial charge >= 0.3 is 0 Å². The Hall–Kier alpha value is -2.36. The topological polar surface area (TPSA) is 48.2 Å². The van der Waals surface area contributed by atoms with Crippen molar-refractivity contribution in [1.29, 1.82) is 0 Å². The summed E-state index contributed by atoms with van der Waals surface area (Å²) >= 11 is 0. The molecular formula is C18H20N2O2. The molecule has 0 N–H and O–H groups in total. The van der Waals surface area contributed by atoms with Gasteiger partial charge in [0.2, 0.25) is 0 Å². The fraction of sp³-hybridized carbons (Fsp3) is 0.333. The monoisotopic (exact) mass is 296 g/mol. The van der Waals surface area contributed by atoms with E-state index in [2.05, 4.69) is 30.9 Å². The molecule has 4 heteroatoms. The lowest BCUT2D eigenvalue weighted by molar-refractivity contribution is 0.264. The lowest BCUT2D eigenvalue weighted by Crippen LogP contribution is -2.01. The van der Waals surface area contributed by atoms with Gasteiger partial charge in [0.15, 0.2) is 5.58 Å². The number of benzene rings is 1. The third-order valence-electron chi connectivity index (χ3n) is 3.73. The fourth-order valence-corrected chi connectivity index (χ4v) is 2.39. The highest BCUT2D eigenvalue weighted by atomic mass is 16.5. The summed E-state index contributed by atoms with van der Waals surface area (Å²) in [4.78, 5) is 4.21. The minimum Gasteiger partial charge on any atom is -0.475 e. The van der Waals surface area contributed by atoms with Gasteiger partial charge < -0.3 is 9.26 Å². The average Bonchev–Trinajstić information content (AvgIpc) is 2.91. The number of para-hydroxylation sites is 1. The minimum atomic E-state index is 0.569. The molecule has 3 aromatic rings. The van der Waals surface area contributed by atoms with Gasteiger partial charge in [-0.05, 0) is 42.1 Å². The lowest BCUT2D eigenvalue weighted by atomic mass is 10.0. The number of aromatic nitrogens is 2. The van der Waals surface area contributed by atoms with E-state index >= 15 is 0 Å². The van der Waals surface area contributed by atoms with Crippen molar-refractivity contribution >= 4 is 11.0 Å². The first-order valence-electron chi connectivity index (χ1n) is 7.59. The Morgan fingerprint density at radius 2 is 2.05 bits per heavy atom. The summed E-state index contributed by atoms with van der Waals surface area (Å²) in [5.41, 5.74) is 3.95. The average molecular weight is 296 g/mol. The Bertz CT molecular complexity index is 778. The van der Waals surface area contributed by atoms with Crippen LogP contribution in [0.3, 0.4) is 0 Å². The number of aryl methyl sites for hydroxylation is 1.